The minimum absolute atomic E-state index is 0.149. The standard InChI is InChI=1S/C16H11Cl2NO3S/c1-9-2-4-11(22-9)7-14-15(20)19(16(21)23-14)8-10-3-5-12(17)13(18)6-10/h2-7H,8H2,1H3. The summed E-state index contributed by atoms with van der Waals surface area (Å²) in [6, 6.07) is 8.57. The molecule has 7 heteroatoms. The molecule has 1 aromatic heterocycles. The number of carbonyl (C=O) groups is 2. The Labute approximate surface area is 147 Å². The van der Waals surface area contributed by atoms with E-state index in [9.17, 15) is 9.59 Å². The van der Waals surface area contributed by atoms with Crippen molar-refractivity contribution in [2.45, 2.75) is 13.5 Å². The van der Waals surface area contributed by atoms with Gasteiger partial charge in [-0.15, -0.1) is 0 Å². The third-order valence-electron chi connectivity index (χ3n) is 3.23. The van der Waals surface area contributed by atoms with Crippen LogP contribution in [-0.4, -0.2) is 16.0 Å². The van der Waals surface area contributed by atoms with E-state index in [0.717, 1.165) is 23.1 Å². The van der Waals surface area contributed by atoms with Gasteiger partial charge in [0.2, 0.25) is 0 Å². The lowest BCUT2D eigenvalue weighted by Gasteiger charge is -2.12. The first kappa shape index (κ1) is 16.2. The zero-order valence-electron chi connectivity index (χ0n) is 12.0. The molecule has 4 nitrogen and oxygen atoms in total. The van der Waals surface area contributed by atoms with Gasteiger partial charge in [-0.2, -0.15) is 0 Å². The fraction of sp³-hybridized carbons (Fsp3) is 0.125. The summed E-state index contributed by atoms with van der Waals surface area (Å²) in [5.74, 6) is 0.939. The first-order valence-corrected chi connectivity index (χ1v) is 8.27. The second-order valence-corrected chi connectivity index (χ2v) is 6.77. The van der Waals surface area contributed by atoms with Crippen molar-refractivity contribution in [3.63, 3.8) is 0 Å². The normalized spacial score (nSPS) is 16.7. The largest absolute Gasteiger partial charge is 0.462 e. The number of imide groups is 1. The van der Waals surface area contributed by atoms with Crippen molar-refractivity contribution in [2.24, 2.45) is 0 Å². The maximum absolute atomic E-state index is 12.4. The van der Waals surface area contributed by atoms with Crippen LogP contribution in [0.5, 0.6) is 0 Å². The molecule has 23 heavy (non-hydrogen) atoms. The summed E-state index contributed by atoms with van der Waals surface area (Å²) in [4.78, 5) is 26.0. The monoisotopic (exact) mass is 367 g/mol. The van der Waals surface area contributed by atoms with Gasteiger partial charge >= 0.3 is 0 Å². The number of thioether (sulfide) groups is 1. The molecule has 0 bridgehead atoms. The highest BCUT2D eigenvalue weighted by molar-refractivity contribution is 8.18. The van der Waals surface area contributed by atoms with E-state index in [1.807, 2.05) is 6.92 Å². The summed E-state index contributed by atoms with van der Waals surface area (Å²) in [7, 11) is 0. The van der Waals surface area contributed by atoms with Gasteiger partial charge in [0.15, 0.2) is 0 Å². The number of hydrogen-bond donors (Lipinski definition) is 0. The van der Waals surface area contributed by atoms with Gasteiger partial charge in [-0.05, 0) is 48.5 Å². The number of hydrogen-bond acceptors (Lipinski definition) is 4. The van der Waals surface area contributed by atoms with E-state index in [1.54, 1.807) is 36.4 Å². The molecule has 1 aliphatic rings. The first-order chi connectivity index (χ1) is 10.9. The minimum atomic E-state index is -0.347. The Hall–Kier alpha value is -1.69. The van der Waals surface area contributed by atoms with E-state index < -0.39 is 0 Å². The van der Waals surface area contributed by atoms with Crippen molar-refractivity contribution < 1.29 is 14.0 Å². The summed E-state index contributed by atoms with van der Waals surface area (Å²) in [6.45, 7) is 1.96. The van der Waals surface area contributed by atoms with Crippen LogP contribution in [0.1, 0.15) is 17.1 Å². The molecule has 0 saturated carbocycles. The number of carbonyl (C=O) groups excluding carboxylic acids is 2. The first-order valence-electron chi connectivity index (χ1n) is 6.70. The van der Waals surface area contributed by atoms with Crippen molar-refractivity contribution in [2.75, 3.05) is 0 Å². The Morgan fingerprint density at radius 3 is 2.61 bits per heavy atom. The van der Waals surface area contributed by atoms with Crippen molar-refractivity contribution in [1.82, 2.24) is 4.90 Å². The molecule has 118 valence electrons. The Balaban J connectivity index is 1.81. The molecule has 3 rings (SSSR count). The van der Waals surface area contributed by atoms with Gasteiger partial charge in [0.25, 0.3) is 11.1 Å². The molecule has 2 heterocycles. The Kier molecular flexibility index (Phi) is 4.53. The van der Waals surface area contributed by atoms with E-state index >= 15 is 0 Å². The molecule has 1 fully saturated rings. The van der Waals surface area contributed by atoms with Crippen molar-refractivity contribution in [3.8, 4) is 0 Å². The highest BCUT2D eigenvalue weighted by Gasteiger charge is 2.35. The Morgan fingerprint density at radius 1 is 1.17 bits per heavy atom. The molecular formula is C16H11Cl2NO3S. The molecule has 1 aromatic carbocycles. The predicted molar refractivity (Wildman–Crippen MR) is 91.4 cm³/mol. The number of furan rings is 1. The molecule has 0 aliphatic carbocycles. The van der Waals surface area contributed by atoms with Gasteiger partial charge in [-0.25, -0.2) is 0 Å². The average molecular weight is 368 g/mol. The zero-order chi connectivity index (χ0) is 16.6. The number of nitrogens with zero attached hydrogens (tertiary/aromatic N) is 1. The van der Waals surface area contributed by atoms with Gasteiger partial charge in [0.1, 0.15) is 11.5 Å². The van der Waals surface area contributed by atoms with Crippen LogP contribution in [0.2, 0.25) is 10.0 Å². The van der Waals surface area contributed by atoms with E-state index in [0.29, 0.717) is 20.7 Å². The van der Waals surface area contributed by atoms with Crippen LogP contribution in [0.4, 0.5) is 4.79 Å². The fourth-order valence-electron chi connectivity index (χ4n) is 2.12. The molecule has 0 atom stereocenters. The lowest BCUT2D eigenvalue weighted by molar-refractivity contribution is -0.123. The molecular weight excluding hydrogens is 357 g/mol. The number of rotatable bonds is 3. The van der Waals surface area contributed by atoms with Crippen LogP contribution in [0.25, 0.3) is 6.08 Å². The van der Waals surface area contributed by atoms with E-state index in [4.69, 9.17) is 27.6 Å². The maximum Gasteiger partial charge on any atom is 0.293 e. The fourth-order valence-corrected chi connectivity index (χ4v) is 3.26. The molecule has 0 radical (unpaired) electrons. The van der Waals surface area contributed by atoms with Crippen molar-refractivity contribution in [1.29, 1.82) is 0 Å². The van der Waals surface area contributed by atoms with Crippen LogP contribution in [0.15, 0.2) is 39.7 Å². The highest BCUT2D eigenvalue weighted by Crippen LogP contribution is 2.34. The van der Waals surface area contributed by atoms with Gasteiger partial charge in [0, 0.05) is 6.08 Å². The van der Waals surface area contributed by atoms with Gasteiger partial charge < -0.3 is 4.42 Å². The summed E-state index contributed by atoms with van der Waals surface area (Å²) in [6.07, 6.45) is 1.58. The molecule has 2 aromatic rings. The summed E-state index contributed by atoms with van der Waals surface area (Å²) < 4.78 is 5.41. The molecule has 2 amide bonds. The van der Waals surface area contributed by atoms with Crippen LogP contribution >= 0.6 is 35.0 Å². The number of halogens is 2. The van der Waals surface area contributed by atoms with Crippen LogP contribution in [-0.2, 0) is 11.3 Å². The third-order valence-corrected chi connectivity index (χ3v) is 4.88. The number of amides is 2. The Morgan fingerprint density at radius 2 is 1.96 bits per heavy atom. The topological polar surface area (TPSA) is 50.5 Å². The zero-order valence-corrected chi connectivity index (χ0v) is 14.3. The average Bonchev–Trinajstić information content (AvgIpc) is 3.02. The van der Waals surface area contributed by atoms with Crippen molar-refractivity contribution >= 4 is 52.2 Å². The van der Waals surface area contributed by atoms with Crippen LogP contribution in [0.3, 0.4) is 0 Å². The summed E-state index contributed by atoms with van der Waals surface area (Å²) in [5, 5.41) is 0.492. The summed E-state index contributed by atoms with van der Waals surface area (Å²) >= 11 is 12.7. The third kappa shape index (κ3) is 3.47. The van der Waals surface area contributed by atoms with Gasteiger partial charge in [0.05, 0.1) is 21.5 Å². The minimum Gasteiger partial charge on any atom is -0.462 e. The molecule has 0 N–H and O–H groups in total. The summed E-state index contributed by atoms with van der Waals surface area (Å²) in [5.41, 5.74) is 0.733. The second kappa shape index (κ2) is 6.43. The van der Waals surface area contributed by atoms with Crippen molar-refractivity contribution in [3.05, 3.63) is 62.4 Å². The number of benzene rings is 1. The lowest BCUT2D eigenvalue weighted by Crippen LogP contribution is -2.27. The lowest BCUT2D eigenvalue weighted by atomic mass is 10.2. The van der Waals surface area contributed by atoms with Gasteiger partial charge in [-0.1, -0.05) is 29.3 Å². The predicted octanol–water partition coefficient (Wildman–Crippen LogP) is 5.13. The van der Waals surface area contributed by atoms with E-state index in [1.165, 1.54) is 4.90 Å². The molecule has 0 spiro atoms. The van der Waals surface area contributed by atoms with E-state index in [2.05, 4.69) is 0 Å². The van der Waals surface area contributed by atoms with Crippen LogP contribution in [0, 0.1) is 6.92 Å². The second-order valence-electron chi connectivity index (χ2n) is 4.96. The molecule has 1 aliphatic heterocycles. The highest BCUT2D eigenvalue weighted by atomic mass is 35.5. The smallest absolute Gasteiger partial charge is 0.293 e. The number of aryl methyl sites for hydroxylation is 1. The SMILES string of the molecule is Cc1ccc(C=C2SC(=O)N(Cc3ccc(Cl)c(Cl)c3)C2=O)o1. The Bertz CT molecular complexity index is 828. The van der Waals surface area contributed by atoms with Crippen LogP contribution < -0.4 is 0 Å². The molecule has 0 unspecified atom stereocenters. The quantitative estimate of drug-likeness (QED) is 0.705. The maximum atomic E-state index is 12.4. The van der Waals surface area contributed by atoms with E-state index in [-0.39, 0.29) is 17.7 Å². The van der Waals surface area contributed by atoms with Gasteiger partial charge in [-0.3, -0.25) is 14.5 Å². The molecule has 1 saturated heterocycles.